The lowest BCUT2D eigenvalue weighted by molar-refractivity contribution is -0.140. The zero-order valence-corrected chi connectivity index (χ0v) is 23.6. The van der Waals surface area contributed by atoms with E-state index in [0.29, 0.717) is 31.0 Å². The van der Waals surface area contributed by atoms with E-state index in [4.69, 9.17) is 4.74 Å². The van der Waals surface area contributed by atoms with Crippen LogP contribution in [0.25, 0.3) is 0 Å². The minimum Gasteiger partial charge on any atom is -0.494 e. The lowest BCUT2D eigenvalue weighted by Crippen LogP contribution is -2.52. The molecule has 0 fully saturated rings. The molecule has 0 saturated carbocycles. The maximum Gasteiger partial charge on any atom is 0.264 e. The molecule has 0 aliphatic carbocycles. The second-order valence-corrected chi connectivity index (χ2v) is 10.8. The predicted octanol–water partition coefficient (Wildman–Crippen LogP) is 4.61. The van der Waals surface area contributed by atoms with Crippen molar-refractivity contribution < 1.29 is 22.7 Å². The van der Waals surface area contributed by atoms with E-state index in [2.05, 4.69) is 5.32 Å². The molecular weight excluding hydrogens is 514 g/mol. The number of anilines is 1. The van der Waals surface area contributed by atoms with E-state index in [9.17, 15) is 18.0 Å². The highest BCUT2D eigenvalue weighted by Crippen LogP contribution is 2.26. The standard InChI is InChI=1S/C30H37N3O5S/c1-4-21-31-30(35)28(5-2)32(22-24-13-9-7-10-14-24)29(34)23-33(25-15-11-8-12-16-25)39(36,37)27-19-17-26(18-20-27)38-6-3/h7-20,28H,4-6,21-23H2,1-3H3,(H,31,35)/t28-/m1/s1. The number of benzene rings is 3. The van der Waals surface area contributed by atoms with Crippen LogP contribution >= 0.6 is 0 Å². The van der Waals surface area contributed by atoms with Crippen LogP contribution in [0.4, 0.5) is 5.69 Å². The van der Waals surface area contributed by atoms with Crippen molar-refractivity contribution in [1.29, 1.82) is 0 Å². The summed E-state index contributed by atoms with van der Waals surface area (Å²) in [5, 5.41) is 2.88. The van der Waals surface area contributed by atoms with Gasteiger partial charge in [-0.15, -0.1) is 0 Å². The van der Waals surface area contributed by atoms with Crippen LogP contribution in [-0.2, 0) is 26.2 Å². The predicted molar refractivity (Wildman–Crippen MR) is 153 cm³/mol. The number of hydrogen-bond acceptors (Lipinski definition) is 5. The lowest BCUT2D eigenvalue weighted by atomic mass is 10.1. The van der Waals surface area contributed by atoms with Gasteiger partial charge in [0.2, 0.25) is 11.8 Å². The summed E-state index contributed by atoms with van der Waals surface area (Å²) in [4.78, 5) is 28.5. The fourth-order valence-corrected chi connectivity index (χ4v) is 5.60. The second kappa shape index (κ2) is 14.3. The molecule has 0 aliphatic rings. The Bertz CT molecular complexity index is 1300. The summed E-state index contributed by atoms with van der Waals surface area (Å²) in [6.45, 7) is 6.29. The summed E-state index contributed by atoms with van der Waals surface area (Å²) in [5.41, 5.74) is 1.19. The van der Waals surface area contributed by atoms with Gasteiger partial charge < -0.3 is 15.0 Å². The van der Waals surface area contributed by atoms with Gasteiger partial charge in [-0.3, -0.25) is 13.9 Å². The van der Waals surface area contributed by atoms with Gasteiger partial charge in [-0.05, 0) is 61.7 Å². The lowest BCUT2D eigenvalue weighted by Gasteiger charge is -2.33. The van der Waals surface area contributed by atoms with Crippen molar-refractivity contribution in [3.8, 4) is 5.75 Å². The highest BCUT2D eigenvalue weighted by atomic mass is 32.2. The van der Waals surface area contributed by atoms with Crippen LogP contribution in [0.3, 0.4) is 0 Å². The number of sulfonamides is 1. The number of rotatable bonds is 14. The van der Waals surface area contributed by atoms with E-state index in [-0.39, 0.29) is 17.3 Å². The Labute approximate surface area is 231 Å². The molecule has 3 rings (SSSR count). The van der Waals surface area contributed by atoms with Gasteiger partial charge in [-0.1, -0.05) is 62.4 Å². The van der Waals surface area contributed by atoms with E-state index in [1.807, 2.05) is 51.1 Å². The Morgan fingerprint density at radius 2 is 1.49 bits per heavy atom. The van der Waals surface area contributed by atoms with Gasteiger partial charge in [0.15, 0.2) is 0 Å². The van der Waals surface area contributed by atoms with Crippen molar-refractivity contribution in [2.45, 2.75) is 51.1 Å². The van der Waals surface area contributed by atoms with Gasteiger partial charge in [0.05, 0.1) is 17.2 Å². The number of para-hydroxylation sites is 1. The molecule has 8 nitrogen and oxygen atoms in total. The molecule has 0 unspecified atom stereocenters. The fraction of sp³-hybridized carbons (Fsp3) is 0.333. The van der Waals surface area contributed by atoms with Gasteiger partial charge in [0.25, 0.3) is 10.0 Å². The first kappa shape index (κ1) is 29.7. The molecule has 3 aromatic carbocycles. The largest absolute Gasteiger partial charge is 0.494 e. The number of nitrogens with zero attached hydrogens (tertiary/aromatic N) is 2. The van der Waals surface area contributed by atoms with Gasteiger partial charge in [0.1, 0.15) is 18.3 Å². The first-order valence-corrected chi connectivity index (χ1v) is 14.7. The first-order chi connectivity index (χ1) is 18.8. The van der Waals surface area contributed by atoms with E-state index in [1.54, 1.807) is 42.5 Å². The maximum absolute atomic E-state index is 13.9. The Kier molecular flexibility index (Phi) is 10.9. The average Bonchev–Trinajstić information content (AvgIpc) is 2.96. The summed E-state index contributed by atoms with van der Waals surface area (Å²) in [7, 11) is -4.12. The number of ether oxygens (including phenoxy) is 1. The Balaban J connectivity index is 2.00. The number of carbonyl (C=O) groups excluding carboxylic acids is 2. The third-order valence-electron chi connectivity index (χ3n) is 6.18. The van der Waals surface area contributed by atoms with Crippen molar-refractivity contribution in [3.63, 3.8) is 0 Å². The highest BCUT2D eigenvalue weighted by molar-refractivity contribution is 7.92. The van der Waals surface area contributed by atoms with Crippen LogP contribution in [-0.4, -0.2) is 50.9 Å². The zero-order chi connectivity index (χ0) is 28.3. The van der Waals surface area contributed by atoms with Gasteiger partial charge in [-0.2, -0.15) is 0 Å². The minimum atomic E-state index is -4.12. The van der Waals surface area contributed by atoms with E-state index < -0.39 is 28.5 Å². The Hall–Kier alpha value is -3.85. The van der Waals surface area contributed by atoms with Crippen molar-refractivity contribution in [2.75, 3.05) is 24.0 Å². The van der Waals surface area contributed by atoms with Crippen molar-refractivity contribution in [1.82, 2.24) is 10.2 Å². The van der Waals surface area contributed by atoms with Crippen LogP contribution < -0.4 is 14.4 Å². The molecule has 208 valence electrons. The summed E-state index contributed by atoms with van der Waals surface area (Å²) in [6.07, 6.45) is 1.14. The minimum absolute atomic E-state index is 0.0324. The summed E-state index contributed by atoms with van der Waals surface area (Å²) >= 11 is 0. The molecule has 0 spiro atoms. The monoisotopic (exact) mass is 551 g/mol. The van der Waals surface area contributed by atoms with Gasteiger partial charge >= 0.3 is 0 Å². The number of hydrogen-bond donors (Lipinski definition) is 1. The molecule has 9 heteroatoms. The van der Waals surface area contributed by atoms with Crippen LogP contribution in [0, 0.1) is 0 Å². The van der Waals surface area contributed by atoms with E-state index in [1.165, 1.54) is 17.0 Å². The Morgan fingerprint density at radius 3 is 2.05 bits per heavy atom. The third kappa shape index (κ3) is 7.83. The number of nitrogens with one attached hydrogen (secondary N) is 1. The summed E-state index contributed by atoms with van der Waals surface area (Å²) in [6, 6.07) is 23.2. The highest BCUT2D eigenvalue weighted by Gasteiger charge is 2.33. The summed E-state index contributed by atoms with van der Waals surface area (Å²) < 4.78 is 34.3. The number of amides is 2. The second-order valence-electron chi connectivity index (χ2n) is 8.97. The normalized spacial score (nSPS) is 11.9. The van der Waals surface area contributed by atoms with E-state index >= 15 is 0 Å². The molecule has 1 atom stereocenters. The van der Waals surface area contributed by atoms with Crippen LogP contribution in [0.2, 0.25) is 0 Å². The number of carbonyl (C=O) groups is 2. The average molecular weight is 552 g/mol. The van der Waals surface area contributed by atoms with Crippen LogP contribution in [0.15, 0.2) is 89.8 Å². The Morgan fingerprint density at radius 1 is 0.872 bits per heavy atom. The van der Waals surface area contributed by atoms with Crippen molar-refractivity contribution in [2.24, 2.45) is 0 Å². The SMILES string of the molecule is CCCNC(=O)[C@@H](CC)N(Cc1ccccc1)C(=O)CN(c1ccccc1)S(=O)(=O)c1ccc(OCC)cc1. The topological polar surface area (TPSA) is 96.0 Å². The molecule has 39 heavy (non-hydrogen) atoms. The quantitative estimate of drug-likeness (QED) is 0.316. The van der Waals surface area contributed by atoms with Gasteiger partial charge in [-0.25, -0.2) is 8.42 Å². The molecule has 0 saturated heterocycles. The molecule has 1 N–H and O–H groups in total. The van der Waals surface area contributed by atoms with E-state index in [0.717, 1.165) is 16.3 Å². The van der Waals surface area contributed by atoms with Crippen molar-refractivity contribution in [3.05, 3.63) is 90.5 Å². The van der Waals surface area contributed by atoms with Crippen LogP contribution in [0.1, 0.15) is 39.2 Å². The third-order valence-corrected chi connectivity index (χ3v) is 7.96. The maximum atomic E-state index is 13.9. The molecule has 0 heterocycles. The fourth-order valence-electron chi connectivity index (χ4n) is 4.19. The molecule has 0 aromatic heterocycles. The molecule has 3 aromatic rings. The smallest absolute Gasteiger partial charge is 0.264 e. The molecule has 0 radical (unpaired) electrons. The molecule has 0 bridgehead atoms. The first-order valence-electron chi connectivity index (χ1n) is 13.2. The zero-order valence-electron chi connectivity index (χ0n) is 22.7. The van der Waals surface area contributed by atoms with Gasteiger partial charge in [0, 0.05) is 13.1 Å². The molecule has 2 amide bonds. The molecular formula is C30H37N3O5S. The molecule has 0 aliphatic heterocycles. The van der Waals surface area contributed by atoms with Crippen molar-refractivity contribution >= 4 is 27.5 Å². The summed E-state index contributed by atoms with van der Waals surface area (Å²) in [5.74, 6) is -0.184. The van der Waals surface area contributed by atoms with Crippen LogP contribution in [0.5, 0.6) is 5.75 Å².